The zero-order valence-electron chi connectivity index (χ0n) is 15.4. The van der Waals surface area contributed by atoms with Gasteiger partial charge in [-0.2, -0.15) is 10.1 Å². The average Bonchev–Trinajstić information content (AvgIpc) is 3.37. The van der Waals surface area contributed by atoms with Gasteiger partial charge in [-0.1, -0.05) is 0 Å². The lowest BCUT2D eigenvalue weighted by atomic mass is 9.94. The zero-order chi connectivity index (χ0) is 20.5. The quantitative estimate of drug-likeness (QED) is 0.843. The van der Waals surface area contributed by atoms with Crippen LogP contribution in [0.25, 0.3) is 0 Å². The molecule has 0 unspecified atom stereocenters. The summed E-state index contributed by atoms with van der Waals surface area (Å²) in [5.74, 6) is -2.51. The van der Waals surface area contributed by atoms with Gasteiger partial charge in [0.2, 0.25) is 5.91 Å². The maximum Gasteiger partial charge on any atom is 0.297 e. The minimum atomic E-state index is -0.686. The second-order valence-electron chi connectivity index (χ2n) is 7.08. The van der Waals surface area contributed by atoms with Crippen molar-refractivity contribution in [2.24, 2.45) is 16.8 Å². The van der Waals surface area contributed by atoms with E-state index in [0.717, 1.165) is 6.07 Å². The molecule has 0 spiro atoms. The van der Waals surface area contributed by atoms with Gasteiger partial charge in [0, 0.05) is 37.7 Å². The molecule has 0 aliphatic carbocycles. The largest absolute Gasteiger partial charge is 0.431 e. The van der Waals surface area contributed by atoms with Crippen LogP contribution in [0, 0.1) is 17.6 Å². The molecule has 152 valence electrons. The highest BCUT2D eigenvalue weighted by atomic mass is 19.1. The Kier molecular flexibility index (Phi) is 4.99. The van der Waals surface area contributed by atoms with Gasteiger partial charge in [0.25, 0.3) is 11.9 Å². The summed E-state index contributed by atoms with van der Waals surface area (Å²) in [4.78, 5) is 30.0. The van der Waals surface area contributed by atoms with Gasteiger partial charge >= 0.3 is 0 Å². The van der Waals surface area contributed by atoms with E-state index in [4.69, 9.17) is 10.2 Å². The Bertz CT molecular complexity index is 948. The van der Waals surface area contributed by atoms with Gasteiger partial charge in [-0.3, -0.25) is 9.59 Å². The van der Waals surface area contributed by atoms with Crippen molar-refractivity contribution in [2.45, 2.75) is 25.3 Å². The van der Waals surface area contributed by atoms with Gasteiger partial charge in [-0.05, 0) is 30.5 Å². The Morgan fingerprint density at radius 1 is 1.14 bits per heavy atom. The van der Waals surface area contributed by atoms with Crippen LogP contribution in [0.3, 0.4) is 0 Å². The van der Waals surface area contributed by atoms with Crippen molar-refractivity contribution >= 4 is 24.0 Å². The van der Waals surface area contributed by atoms with Crippen molar-refractivity contribution in [2.75, 3.05) is 18.0 Å². The minimum absolute atomic E-state index is 0.0507. The van der Waals surface area contributed by atoms with Crippen molar-refractivity contribution in [1.82, 2.24) is 9.99 Å². The van der Waals surface area contributed by atoms with E-state index in [9.17, 15) is 18.4 Å². The van der Waals surface area contributed by atoms with Crippen LogP contribution < -0.4 is 10.6 Å². The third kappa shape index (κ3) is 3.82. The number of nitrogens with two attached hydrogens (primary N) is 1. The fraction of sp³-hybridized carbons (Fsp3) is 0.368. The number of hydrazone groups is 1. The van der Waals surface area contributed by atoms with E-state index in [1.807, 2.05) is 4.90 Å². The number of nitrogens with zero attached hydrogens (tertiary/aromatic N) is 4. The van der Waals surface area contributed by atoms with Crippen LogP contribution in [0.2, 0.25) is 0 Å². The van der Waals surface area contributed by atoms with Crippen LogP contribution >= 0.6 is 0 Å². The molecule has 2 aliphatic heterocycles. The number of benzene rings is 1. The lowest BCUT2D eigenvalue weighted by Gasteiger charge is -2.33. The highest BCUT2D eigenvalue weighted by molar-refractivity contribution is 5.90. The SMILES string of the molecule is NC(=O)c1coc(N2CCC(C(=O)N3N=CC[C@H]3c3cc(F)cc(F)c3)CC2)n1. The lowest BCUT2D eigenvalue weighted by molar-refractivity contribution is -0.138. The number of primary amides is 1. The molecular weight excluding hydrogens is 384 g/mol. The summed E-state index contributed by atoms with van der Waals surface area (Å²) in [5, 5.41) is 5.47. The highest BCUT2D eigenvalue weighted by Gasteiger charge is 2.35. The van der Waals surface area contributed by atoms with E-state index >= 15 is 0 Å². The molecule has 10 heteroatoms. The number of rotatable bonds is 4. The molecule has 4 rings (SSSR count). The van der Waals surface area contributed by atoms with E-state index in [0.29, 0.717) is 37.9 Å². The Labute approximate surface area is 165 Å². The second-order valence-corrected chi connectivity index (χ2v) is 7.08. The maximum atomic E-state index is 13.6. The molecule has 0 bridgehead atoms. The fourth-order valence-electron chi connectivity index (χ4n) is 3.70. The smallest absolute Gasteiger partial charge is 0.297 e. The third-order valence-electron chi connectivity index (χ3n) is 5.18. The molecule has 1 saturated heterocycles. The first-order valence-electron chi connectivity index (χ1n) is 9.24. The molecule has 3 heterocycles. The van der Waals surface area contributed by atoms with Gasteiger partial charge in [0.15, 0.2) is 5.69 Å². The number of oxazole rings is 1. The Hall–Kier alpha value is -3.30. The first-order chi connectivity index (χ1) is 13.9. The third-order valence-corrected chi connectivity index (χ3v) is 5.18. The van der Waals surface area contributed by atoms with Gasteiger partial charge in [-0.25, -0.2) is 13.8 Å². The molecule has 8 nitrogen and oxygen atoms in total. The van der Waals surface area contributed by atoms with E-state index < -0.39 is 23.6 Å². The van der Waals surface area contributed by atoms with Gasteiger partial charge in [0.05, 0.1) is 6.04 Å². The summed E-state index contributed by atoms with van der Waals surface area (Å²) in [6, 6.07) is 3.02. The number of carbonyl (C=O) groups is 2. The zero-order valence-corrected chi connectivity index (χ0v) is 15.4. The Morgan fingerprint density at radius 2 is 1.83 bits per heavy atom. The van der Waals surface area contributed by atoms with Crippen LogP contribution in [-0.2, 0) is 4.79 Å². The molecule has 1 atom stereocenters. The number of amides is 2. The second kappa shape index (κ2) is 7.61. The van der Waals surface area contributed by atoms with E-state index in [-0.39, 0.29) is 23.5 Å². The lowest BCUT2D eigenvalue weighted by Crippen LogP contribution is -2.41. The summed E-state index contributed by atoms with van der Waals surface area (Å²) >= 11 is 0. The van der Waals surface area contributed by atoms with Crippen LogP contribution in [0.4, 0.5) is 14.8 Å². The number of aromatic nitrogens is 1. The van der Waals surface area contributed by atoms with Gasteiger partial charge < -0.3 is 15.1 Å². The number of anilines is 1. The molecule has 2 amide bonds. The summed E-state index contributed by atoms with van der Waals surface area (Å²) in [6.07, 6.45) is 4.25. The number of hydrogen-bond acceptors (Lipinski definition) is 6. The van der Waals surface area contributed by atoms with Crippen LogP contribution in [0.15, 0.2) is 34.0 Å². The molecule has 1 fully saturated rings. The molecule has 1 aromatic carbocycles. The van der Waals surface area contributed by atoms with Crippen molar-refractivity contribution in [3.63, 3.8) is 0 Å². The Balaban J connectivity index is 1.42. The van der Waals surface area contributed by atoms with Crippen molar-refractivity contribution < 1.29 is 22.8 Å². The molecular formula is C19H19F2N5O3. The number of hydrogen-bond donors (Lipinski definition) is 1. The van der Waals surface area contributed by atoms with Gasteiger partial charge in [0.1, 0.15) is 17.9 Å². The minimum Gasteiger partial charge on any atom is -0.431 e. The van der Waals surface area contributed by atoms with Crippen molar-refractivity contribution in [3.8, 4) is 0 Å². The molecule has 29 heavy (non-hydrogen) atoms. The van der Waals surface area contributed by atoms with Crippen LogP contribution in [0.5, 0.6) is 0 Å². The summed E-state index contributed by atoms with van der Waals surface area (Å²) in [7, 11) is 0. The Morgan fingerprint density at radius 3 is 2.45 bits per heavy atom. The predicted octanol–water partition coefficient (Wildman–Crippen LogP) is 2.23. The molecule has 2 aliphatic rings. The first-order valence-corrected chi connectivity index (χ1v) is 9.24. The topological polar surface area (TPSA) is 105 Å². The summed E-state index contributed by atoms with van der Waals surface area (Å²) in [5.41, 5.74) is 5.61. The predicted molar refractivity (Wildman–Crippen MR) is 99.0 cm³/mol. The number of piperidine rings is 1. The average molecular weight is 403 g/mol. The molecule has 2 aromatic rings. The summed E-state index contributed by atoms with van der Waals surface area (Å²) in [6.45, 7) is 1.01. The van der Waals surface area contributed by atoms with Crippen molar-refractivity contribution in [3.05, 3.63) is 47.4 Å². The first kappa shape index (κ1) is 19.0. The van der Waals surface area contributed by atoms with E-state index in [1.54, 1.807) is 6.21 Å². The monoisotopic (exact) mass is 403 g/mol. The van der Waals surface area contributed by atoms with E-state index in [1.165, 1.54) is 23.4 Å². The molecule has 0 radical (unpaired) electrons. The van der Waals surface area contributed by atoms with E-state index in [2.05, 4.69) is 10.1 Å². The molecule has 0 saturated carbocycles. The van der Waals surface area contributed by atoms with Gasteiger partial charge in [-0.15, -0.1) is 0 Å². The van der Waals surface area contributed by atoms with Crippen LogP contribution in [-0.4, -0.2) is 41.1 Å². The summed E-state index contributed by atoms with van der Waals surface area (Å²) < 4.78 is 32.5. The molecule has 1 aromatic heterocycles. The normalized spacial score (nSPS) is 19.7. The molecule has 2 N–H and O–H groups in total. The number of halogens is 2. The maximum absolute atomic E-state index is 13.6. The number of carbonyl (C=O) groups excluding carboxylic acids is 2. The van der Waals surface area contributed by atoms with Crippen molar-refractivity contribution in [1.29, 1.82) is 0 Å². The fourth-order valence-corrected chi connectivity index (χ4v) is 3.70. The standard InChI is InChI=1S/C19H19F2N5O3/c20-13-7-12(8-14(21)9-13)16-1-4-23-26(16)18(28)11-2-5-25(6-3-11)19-24-15(10-29-19)17(22)27/h4,7-11,16H,1-3,5-6H2,(H2,22,27)/t16-/m0/s1. The van der Waals surface area contributed by atoms with Crippen LogP contribution in [0.1, 0.15) is 41.4 Å². The highest BCUT2D eigenvalue weighted by Crippen LogP contribution is 2.33.